The van der Waals surface area contributed by atoms with E-state index in [2.05, 4.69) is 34.8 Å². The molecular weight excluding hydrogens is 618 g/mol. The van der Waals surface area contributed by atoms with Crippen LogP contribution in [0.4, 0.5) is 28.9 Å². The number of aromatic nitrogens is 1. The number of likely N-dealkylation sites (N-methyl/N-ethyl adjacent to an activating group) is 1. The Labute approximate surface area is 268 Å². The molecule has 13 heteroatoms. The predicted octanol–water partition coefficient (Wildman–Crippen LogP) is 6.74. The van der Waals surface area contributed by atoms with E-state index in [4.69, 9.17) is 15.2 Å². The van der Waals surface area contributed by atoms with Crippen molar-refractivity contribution in [2.75, 3.05) is 50.1 Å². The number of benzene rings is 2. The molecule has 4 rings (SSSR count). The lowest BCUT2D eigenvalue weighted by atomic mass is 10.0. The van der Waals surface area contributed by atoms with Gasteiger partial charge in [-0.25, -0.2) is 9.37 Å². The molecule has 3 N–H and O–H groups in total. The summed E-state index contributed by atoms with van der Waals surface area (Å²) >= 11 is 0. The fourth-order valence-electron chi connectivity index (χ4n) is 5.24. The molecule has 0 bridgehead atoms. The predicted molar refractivity (Wildman–Crippen MR) is 176 cm³/mol. The topological polar surface area (TPSA) is 93.0 Å². The van der Waals surface area contributed by atoms with Gasteiger partial charge in [0.05, 0.1) is 29.1 Å². The number of carbonyl (C=O) groups excluding carboxylic acids is 1. The highest BCUT2D eigenvalue weighted by Crippen LogP contribution is 2.38. The molecule has 3 aromatic rings. The first-order valence-corrected chi connectivity index (χ1v) is 19.0. The van der Waals surface area contributed by atoms with Gasteiger partial charge in [0.2, 0.25) is 5.88 Å². The molecule has 1 amide bonds. The van der Waals surface area contributed by atoms with Gasteiger partial charge in [-0.15, -0.1) is 0 Å². The van der Waals surface area contributed by atoms with E-state index in [9.17, 15) is 18.0 Å². The van der Waals surface area contributed by atoms with Gasteiger partial charge in [0.15, 0.2) is 0 Å². The number of pyridine rings is 1. The molecule has 2 atom stereocenters. The van der Waals surface area contributed by atoms with Gasteiger partial charge in [0.1, 0.15) is 18.2 Å². The van der Waals surface area contributed by atoms with Crippen LogP contribution in [0.15, 0.2) is 48.7 Å². The molecule has 2 aromatic carbocycles. The Balaban J connectivity index is 1.72. The quantitative estimate of drug-likeness (QED) is 0.174. The Kier molecular flexibility index (Phi) is 11.0. The molecule has 1 saturated heterocycles. The fraction of sp³-hybridized carbons (Fsp3) is 0.455. The van der Waals surface area contributed by atoms with Gasteiger partial charge in [0, 0.05) is 57.6 Å². The van der Waals surface area contributed by atoms with Crippen molar-refractivity contribution in [2.24, 2.45) is 5.73 Å². The Morgan fingerprint density at radius 2 is 1.70 bits per heavy atom. The average Bonchev–Trinajstić information content (AvgIpc) is 2.98. The van der Waals surface area contributed by atoms with Crippen molar-refractivity contribution in [1.29, 1.82) is 0 Å². The molecule has 1 aliphatic heterocycles. The summed E-state index contributed by atoms with van der Waals surface area (Å²) in [5.41, 5.74) is 4.89. The second-order valence-electron chi connectivity index (χ2n) is 13.0. The number of nitrogens with two attached hydrogens (primary N) is 1. The van der Waals surface area contributed by atoms with E-state index in [0.717, 1.165) is 18.3 Å². The molecule has 1 aliphatic rings. The lowest BCUT2D eigenvalue weighted by molar-refractivity contribution is -0.138. The van der Waals surface area contributed by atoms with Crippen LogP contribution in [0, 0.1) is 5.82 Å². The maximum Gasteiger partial charge on any atom is 0.417 e. The Hall–Kier alpha value is -3.68. The van der Waals surface area contributed by atoms with Crippen LogP contribution in [-0.4, -0.2) is 75.8 Å². The third-order valence-corrected chi connectivity index (χ3v) is 9.82. The Bertz CT molecular complexity index is 1500. The number of piperazine rings is 1. The van der Waals surface area contributed by atoms with Gasteiger partial charge in [-0.2, -0.15) is 13.2 Å². The van der Waals surface area contributed by atoms with Crippen LogP contribution in [0.1, 0.15) is 29.8 Å². The number of hydrogen-bond donors (Lipinski definition) is 2. The lowest BCUT2D eigenvalue weighted by Crippen LogP contribution is -2.55. The third kappa shape index (κ3) is 8.77. The average molecular weight is 662 g/mol. The van der Waals surface area contributed by atoms with Crippen molar-refractivity contribution in [3.05, 3.63) is 65.6 Å². The highest BCUT2D eigenvalue weighted by atomic mass is 28.3. The van der Waals surface area contributed by atoms with E-state index in [1.807, 2.05) is 25.8 Å². The number of carbonyl (C=O) groups is 1. The summed E-state index contributed by atoms with van der Waals surface area (Å²) in [5.74, 6) is -1.21. The van der Waals surface area contributed by atoms with Gasteiger partial charge < -0.3 is 25.4 Å². The van der Waals surface area contributed by atoms with E-state index in [-0.39, 0.29) is 35.8 Å². The molecule has 46 heavy (non-hydrogen) atoms. The van der Waals surface area contributed by atoms with E-state index >= 15 is 4.39 Å². The molecule has 8 nitrogen and oxygen atoms in total. The largest absolute Gasteiger partial charge is 0.492 e. The number of rotatable bonds is 11. The van der Waals surface area contributed by atoms with Crippen LogP contribution < -0.4 is 25.4 Å². The van der Waals surface area contributed by atoms with Crippen LogP contribution >= 0.6 is 0 Å². The van der Waals surface area contributed by atoms with Crippen molar-refractivity contribution in [2.45, 2.75) is 57.8 Å². The SMILES string of the molecule is C[C@@H]1CN(c2cc(F)c(-c3ccc(OCCN)cc3)cc2NC(=O)c2cnc(OCC[Si](C)(C)C)cc2C(F)(F)F)C[C@H](C)N1C. The number of alkyl halides is 3. The van der Waals surface area contributed by atoms with Crippen molar-refractivity contribution >= 4 is 25.4 Å². The Morgan fingerprint density at radius 1 is 1.04 bits per heavy atom. The molecule has 1 aromatic heterocycles. The van der Waals surface area contributed by atoms with E-state index < -0.39 is 37.1 Å². The van der Waals surface area contributed by atoms with Gasteiger partial charge in [-0.1, -0.05) is 31.8 Å². The van der Waals surface area contributed by atoms with Crippen LogP contribution in [0.25, 0.3) is 11.1 Å². The molecule has 1 fully saturated rings. The number of halogens is 4. The third-order valence-electron chi connectivity index (χ3n) is 8.12. The smallest absolute Gasteiger partial charge is 0.417 e. The summed E-state index contributed by atoms with van der Waals surface area (Å²) in [6.45, 7) is 12.4. The first-order valence-electron chi connectivity index (χ1n) is 15.3. The number of anilines is 2. The van der Waals surface area contributed by atoms with Crippen molar-refractivity contribution in [3.8, 4) is 22.8 Å². The monoisotopic (exact) mass is 661 g/mol. The maximum atomic E-state index is 15.8. The molecule has 0 spiro atoms. The van der Waals surface area contributed by atoms with Crippen LogP contribution in [-0.2, 0) is 6.18 Å². The fourth-order valence-corrected chi connectivity index (χ4v) is 5.95. The van der Waals surface area contributed by atoms with Crippen LogP contribution in [0.3, 0.4) is 0 Å². The highest BCUT2D eigenvalue weighted by Gasteiger charge is 2.37. The van der Waals surface area contributed by atoms with Crippen LogP contribution in [0.5, 0.6) is 11.6 Å². The highest BCUT2D eigenvalue weighted by molar-refractivity contribution is 6.76. The summed E-state index contributed by atoms with van der Waals surface area (Å²) in [4.78, 5) is 21.8. The maximum absolute atomic E-state index is 15.8. The number of nitrogens with zero attached hydrogens (tertiary/aromatic N) is 3. The minimum Gasteiger partial charge on any atom is -0.492 e. The zero-order valence-electron chi connectivity index (χ0n) is 27.2. The Morgan fingerprint density at radius 3 is 2.28 bits per heavy atom. The summed E-state index contributed by atoms with van der Waals surface area (Å²) in [6, 6.07) is 11.2. The van der Waals surface area contributed by atoms with E-state index in [1.165, 1.54) is 12.1 Å². The second-order valence-corrected chi connectivity index (χ2v) is 18.6. The standard InChI is InChI=1S/C33H43F4N5O3Si/c1-21-19-42(20-22(2)41(21)3)30-17-28(34)25(23-7-9-24(10-8-23)44-12-11-38)15-29(30)40-32(43)26-18-39-31(16-27(26)33(35,36)37)45-13-14-46(4,5)6/h7-10,15-18,21-22H,11-14,19-20,38H2,1-6H3,(H,40,43)/t21-,22+. The van der Waals surface area contributed by atoms with E-state index in [1.54, 1.807) is 24.3 Å². The zero-order chi connectivity index (χ0) is 33.8. The molecule has 2 heterocycles. The molecule has 0 saturated carbocycles. The summed E-state index contributed by atoms with van der Waals surface area (Å²) in [5, 5.41) is 2.66. The van der Waals surface area contributed by atoms with E-state index in [0.29, 0.717) is 43.2 Å². The van der Waals surface area contributed by atoms with Crippen molar-refractivity contribution in [3.63, 3.8) is 0 Å². The normalized spacial score (nSPS) is 17.6. The molecule has 250 valence electrons. The zero-order valence-corrected chi connectivity index (χ0v) is 28.2. The van der Waals surface area contributed by atoms with Crippen molar-refractivity contribution in [1.82, 2.24) is 9.88 Å². The first-order chi connectivity index (χ1) is 21.6. The molecule has 0 unspecified atom stereocenters. The van der Waals surface area contributed by atoms with Crippen molar-refractivity contribution < 1.29 is 31.8 Å². The number of nitrogens with one attached hydrogen (secondary N) is 1. The molecule has 0 aliphatic carbocycles. The van der Waals surface area contributed by atoms with Gasteiger partial charge in [-0.05, 0) is 56.8 Å². The minimum atomic E-state index is -4.85. The number of hydrogen-bond acceptors (Lipinski definition) is 7. The first kappa shape index (κ1) is 35.2. The minimum absolute atomic E-state index is 0.102. The summed E-state index contributed by atoms with van der Waals surface area (Å²) in [7, 11) is 0.513. The van der Waals surface area contributed by atoms with Gasteiger partial charge in [0.25, 0.3) is 5.91 Å². The lowest BCUT2D eigenvalue weighted by Gasteiger charge is -2.44. The summed E-state index contributed by atoms with van der Waals surface area (Å²) in [6.07, 6.45) is -3.97. The molecular formula is C33H43F4N5O3Si. The van der Waals surface area contributed by atoms with Crippen LogP contribution in [0.2, 0.25) is 25.7 Å². The van der Waals surface area contributed by atoms with Gasteiger partial charge in [-0.3, -0.25) is 9.69 Å². The number of ether oxygens (including phenoxy) is 2. The number of amides is 1. The van der Waals surface area contributed by atoms with Gasteiger partial charge >= 0.3 is 6.18 Å². The second kappa shape index (κ2) is 14.4. The summed E-state index contributed by atoms with van der Waals surface area (Å²) < 4.78 is 69.6. The molecule has 0 radical (unpaired) electrons.